The first kappa shape index (κ1) is 18.4. The summed E-state index contributed by atoms with van der Waals surface area (Å²) in [5.41, 5.74) is -0.543. The number of hydrogen-bond donors (Lipinski definition) is 0. The van der Waals surface area contributed by atoms with Gasteiger partial charge in [0.2, 0.25) is 0 Å². The molecule has 1 saturated heterocycles. The van der Waals surface area contributed by atoms with Crippen molar-refractivity contribution in [2.45, 2.75) is 58.1 Å². The van der Waals surface area contributed by atoms with Crippen LogP contribution in [0.25, 0.3) is 0 Å². The zero-order valence-corrected chi connectivity index (χ0v) is 14.7. The van der Waals surface area contributed by atoms with Gasteiger partial charge in [-0.3, -0.25) is 0 Å². The highest BCUT2D eigenvalue weighted by Crippen LogP contribution is 2.28. The largest absolute Gasteiger partial charge is 0.444 e. The molecule has 0 saturated carbocycles. The zero-order chi connectivity index (χ0) is 18.1. The summed E-state index contributed by atoms with van der Waals surface area (Å²) in [7, 11) is 1.71. The summed E-state index contributed by atoms with van der Waals surface area (Å²) in [4.78, 5) is 19.2. The Labute approximate surface area is 139 Å². The molecular weight excluding hydrogens is 322 g/mol. The molecule has 0 bridgehead atoms. The van der Waals surface area contributed by atoms with Gasteiger partial charge in [0.05, 0.1) is 0 Å². The van der Waals surface area contributed by atoms with E-state index in [0.717, 1.165) is 0 Å². The van der Waals surface area contributed by atoms with E-state index in [9.17, 15) is 13.6 Å². The first-order chi connectivity index (χ1) is 11.0. The van der Waals surface area contributed by atoms with Gasteiger partial charge in [0.15, 0.2) is 0 Å². The number of hydrogen-bond acceptors (Lipinski definition) is 6. The van der Waals surface area contributed by atoms with Crippen LogP contribution in [0.1, 0.15) is 46.4 Å². The summed E-state index contributed by atoms with van der Waals surface area (Å²) in [6.45, 7) is 7.26. The fourth-order valence-corrected chi connectivity index (χ4v) is 2.46. The minimum absolute atomic E-state index is 0.0232. The average molecular weight is 346 g/mol. The molecule has 0 atom stereocenters. The van der Waals surface area contributed by atoms with Crippen LogP contribution in [-0.2, 0) is 10.7 Å². The molecule has 0 radical (unpaired) electrons. The highest BCUT2D eigenvalue weighted by Gasteiger charge is 2.34. The quantitative estimate of drug-likeness (QED) is 0.838. The second kappa shape index (κ2) is 6.52. The molecule has 2 rings (SSSR count). The molecule has 136 valence electrons. The van der Waals surface area contributed by atoms with Crippen molar-refractivity contribution in [1.82, 2.24) is 15.0 Å². The molecular formula is C15H24F2N4O3. The van der Waals surface area contributed by atoms with Crippen molar-refractivity contribution in [3.8, 4) is 0 Å². The summed E-state index contributed by atoms with van der Waals surface area (Å²) < 4.78 is 36.3. The van der Waals surface area contributed by atoms with Crippen LogP contribution in [0.5, 0.6) is 0 Å². The third-order valence-electron chi connectivity index (χ3n) is 3.77. The van der Waals surface area contributed by atoms with Crippen molar-refractivity contribution < 1.29 is 22.8 Å². The van der Waals surface area contributed by atoms with E-state index in [-0.39, 0.29) is 18.1 Å². The van der Waals surface area contributed by atoms with E-state index in [1.54, 1.807) is 16.8 Å². The van der Waals surface area contributed by atoms with Crippen LogP contribution in [0.15, 0.2) is 4.52 Å². The molecule has 1 amide bonds. The van der Waals surface area contributed by atoms with Gasteiger partial charge in [0, 0.05) is 33.1 Å². The number of ether oxygens (including phenoxy) is 1. The van der Waals surface area contributed by atoms with Crippen molar-refractivity contribution in [3.05, 3.63) is 5.89 Å². The molecule has 1 fully saturated rings. The number of anilines is 1. The summed E-state index contributed by atoms with van der Waals surface area (Å²) in [6.07, 6.45) is 0.970. The lowest BCUT2D eigenvalue weighted by Gasteiger charge is -2.36. The second-order valence-electron chi connectivity index (χ2n) is 7.10. The molecule has 9 heteroatoms. The Kier molecular flexibility index (Phi) is 5.00. The van der Waals surface area contributed by atoms with Crippen LogP contribution >= 0.6 is 0 Å². The lowest BCUT2D eigenvalue weighted by molar-refractivity contribution is -0.0158. The minimum Gasteiger partial charge on any atom is -0.444 e. The number of halogens is 2. The number of amides is 1. The first-order valence-electron chi connectivity index (χ1n) is 7.90. The van der Waals surface area contributed by atoms with Gasteiger partial charge in [-0.2, -0.15) is 13.8 Å². The van der Waals surface area contributed by atoms with Gasteiger partial charge in [0.1, 0.15) is 5.60 Å². The maximum atomic E-state index is 13.2. The minimum atomic E-state index is -3.15. The number of piperidine rings is 1. The molecule has 0 spiro atoms. The maximum absolute atomic E-state index is 13.2. The van der Waals surface area contributed by atoms with Gasteiger partial charge >= 0.3 is 12.0 Å². The molecule has 0 unspecified atom stereocenters. The number of rotatable bonds is 3. The van der Waals surface area contributed by atoms with Crippen LogP contribution in [-0.4, -0.2) is 52.9 Å². The molecule has 0 aromatic carbocycles. The Hall–Kier alpha value is -1.93. The van der Waals surface area contributed by atoms with Crippen LogP contribution in [0, 0.1) is 0 Å². The average Bonchev–Trinajstić information content (AvgIpc) is 2.94. The molecule has 1 aliphatic rings. The van der Waals surface area contributed by atoms with Crippen LogP contribution in [0.2, 0.25) is 0 Å². The monoisotopic (exact) mass is 346 g/mol. The second-order valence-corrected chi connectivity index (χ2v) is 7.10. The van der Waals surface area contributed by atoms with E-state index in [0.29, 0.717) is 32.9 Å². The molecule has 0 N–H and O–H groups in total. The topological polar surface area (TPSA) is 71.7 Å². The highest BCUT2D eigenvalue weighted by atomic mass is 19.3. The predicted molar refractivity (Wildman–Crippen MR) is 83.1 cm³/mol. The van der Waals surface area contributed by atoms with Gasteiger partial charge in [0.25, 0.3) is 11.8 Å². The highest BCUT2D eigenvalue weighted by molar-refractivity contribution is 5.68. The normalized spacial score (nSPS) is 17.0. The summed E-state index contributed by atoms with van der Waals surface area (Å²) in [6, 6.07) is 0.0232. The Morgan fingerprint density at radius 2 is 1.88 bits per heavy atom. The Morgan fingerprint density at radius 3 is 2.33 bits per heavy atom. The van der Waals surface area contributed by atoms with E-state index < -0.39 is 17.4 Å². The van der Waals surface area contributed by atoms with Crippen molar-refractivity contribution in [1.29, 1.82) is 0 Å². The molecule has 1 aromatic rings. The lowest BCUT2D eigenvalue weighted by atomic mass is 10.0. The zero-order valence-electron chi connectivity index (χ0n) is 14.7. The third-order valence-corrected chi connectivity index (χ3v) is 3.77. The van der Waals surface area contributed by atoms with Crippen LogP contribution in [0.4, 0.5) is 19.5 Å². The standard InChI is InChI=1S/C15H24F2N4O3/c1-14(2,3)23-13(22)20(5)10-6-8-21(9-7-10)12-18-11(24-19-12)15(4,16)17/h10H,6-9H2,1-5H3. The van der Waals surface area contributed by atoms with E-state index in [2.05, 4.69) is 14.7 Å². The Balaban J connectivity index is 1.91. The van der Waals surface area contributed by atoms with E-state index in [1.807, 2.05) is 20.8 Å². The summed E-state index contributed by atoms with van der Waals surface area (Å²) >= 11 is 0. The van der Waals surface area contributed by atoms with Gasteiger partial charge in [-0.05, 0) is 38.8 Å². The fraction of sp³-hybridized carbons (Fsp3) is 0.800. The molecule has 0 aliphatic carbocycles. The number of carbonyl (C=O) groups is 1. The lowest BCUT2D eigenvalue weighted by Crippen LogP contribution is -2.47. The van der Waals surface area contributed by atoms with Crippen molar-refractivity contribution >= 4 is 12.0 Å². The number of alkyl halides is 2. The Morgan fingerprint density at radius 1 is 1.29 bits per heavy atom. The van der Waals surface area contributed by atoms with Gasteiger partial charge in [-0.1, -0.05) is 0 Å². The first-order valence-corrected chi connectivity index (χ1v) is 7.90. The third kappa shape index (κ3) is 4.55. The molecule has 24 heavy (non-hydrogen) atoms. The Bertz CT molecular complexity index is 572. The van der Waals surface area contributed by atoms with Crippen molar-refractivity contribution in [2.75, 3.05) is 25.0 Å². The SMILES string of the molecule is CN(C(=O)OC(C)(C)C)C1CCN(c2noc(C(C)(F)F)n2)CC1. The predicted octanol–water partition coefficient (Wildman–Crippen LogP) is 3.02. The van der Waals surface area contributed by atoms with Crippen LogP contribution in [0.3, 0.4) is 0 Å². The van der Waals surface area contributed by atoms with E-state index in [4.69, 9.17) is 4.74 Å². The van der Waals surface area contributed by atoms with Crippen molar-refractivity contribution in [2.24, 2.45) is 0 Å². The molecule has 1 aromatic heterocycles. The van der Waals surface area contributed by atoms with Crippen molar-refractivity contribution in [3.63, 3.8) is 0 Å². The fourth-order valence-electron chi connectivity index (χ4n) is 2.46. The van der Waals surface area contributed by atoms with Gasteiger partial charge < -0.3 is 19.1 Å². The maximum Gasteiger partial charge on any atom is 0.410 e. The summed E-state index contributed by atoms with van der Waals surface area (Å²) in [5, 5.41) is 3.61. The molecule has 7 nitrogen and oxygen atoms in total. The van der Waals surface area contributed by atoms with E-state index >= 15 is 0 Å². The summed E-state index contributed by atoms with van der Waals surface area (Å²) in [5.74, 6) is -3.68. The van der Waals surface area contributed by atoms with Gasteiger partial charge in [-0.15, -0.1) is 0 Å². The number of nitrogens with zero attached hydrogens (tertiary/aromatic N) is 4. The molecule has 2 heterocycles. The smallest absolute Gasteiger partial charge is 0.410 e. The van der Waals surface area contributed by atoms with Gasteiger partial charge in [-0.25, -0.2) is 4.79 Å². The van der Waals surface area contributed by atoms with E-state index in [1.165, 1.54) is 0 Å². The number of carbonyl (C=O) groups excluding carboxylic acids is 1. The molecule has 1 aliphatic heterocycles. The number of aromatic nitrogens is 2. The van der Waals surface area contributed by atoms with Crippen LogP contribution < -0.4 is 4.90 Å².